The minimum Gasteiger partial charge on any atom is -0.351 e. The predicted molar refractivity (Wildman–Crippen MR) is 109 cm³/mol. The summed E-state index contributed by atoms with van der Waals surface area (Å²) in [4.78, 5) is 16.8. The molecule has 7 nitrogen and oxygen atoms in total. The van der Waals surface area contributed by atoms with E-state index in [1.807, 2.05) is 0 Å². The first-order valence-corrected chi connectivity index (χ1v) is 10.7. The zero-order valence-corrected chi connectivity index (χ0v) is 17.5. The molecule has 1 aromatic heterocycles. The molecule has 0 bridgehead atoms. The van der Waals surface area contributed by atoms with Crippen LogP contribution in [0.15, 0.2) is 41.3 Å². The number of carbonyl (C=O) groups excluding carboxylic acids is 1. The number of carbonyl (C=O) groups is 1. The van der Waals surface area contributed by atoms with E-state index in [-0.39, 0.29) is 22.8 Å². The number of nitrogens with zero attached hydrogens (tertiary/aromatic N) is 2. The topological polar surface area (TPSA) is 107 Å². The lowest BCUT2D eigenvalue weighted by Gasteiger charge is -2.16. The lowest BCUT2D eigenvalue weighted by molar-refractivity contribution is 0.0704. The van der Waals surface area contributed by atoms with Gasteiger partial charge in [-0.05, 0) is 49.2 Å². The first kappa shape index (κ1) is 21.8. The maximum absolute atomic E-state index is 13.6. The van der Waals surface area contributed by atoms with Gasteiger partial charge in [0.05, 0.1) is 15.9 Å². The lowest BCUT2D eigenvalue weighted by atomic mass is 10.1. The van der Waals surface area contributed by atoms with E-state index in [4.69, 9.17) is 5.14 Å². The summed E-state index contributed by atoms with van der Waals surface area (Å²) >= 11 is 0. The zero-order chi connectivity index (χ0) is 22.2. The molecule has 0 spiro atoms. The van der Waals surface area contributed by atoms with Crippen LogP contribution in [0.25, 0.3) is 11.0 Å². The molecular formula is C20H22F2N4O3S. The number of hydrogen-bond donors (Lipinski definition) is 2. The highest BCUT2D eigenvalue weighted by Gasteiger charge is 2.23. The largest absolute Gasteiger partial charge is 0.351 e. The van der Waals surface area contributed by atoms with Gasteiger partial charge in [-0.25, -0.2) is 18.5 Å². The number of imidazole rings is 1. The number of benzene rings is 2. The van der Waals surface area contributed by atoms with E-state index in [0.29, 0.717) is 22.2 Å². The molecule has 0 aliphatic carbocycles. The molecule has 160 valence electrons. The van der Waals surface area contributed by atoms with Gasteiger partial charge in [-0.3, -0.25) is 9.36 Å². The van der Waals surface area contributed by atoms with Crippen LogP contribution in [0.5, 0.6) is 0 Å². The smallest absolute Gasteiger partial charge is 0.320 e. The molecule has 0 saturated carbocycles. The maximum atomic E-state index is 13.6. The maximum Gasteiger partial charge on any atom is 0.320 e. The Bertz CT molecular complexity index is 1220. The standard InChI is InChI=1S/C20H22F2N4O3S/c1-11-8-14(9-17(13(11)3)30(23,28)29)19(27)24-10-12(2)18-25-15-6-4-5-7-16(15)26(18)20(21)22/h4-9,12,20H,10H2,1-3H3,(H,24,27)(H2,23,28,29)/t12-/m0/s1. The van der Waals surface area contributed by atoms with E-state index in [0.717, 1.165) is 4.57 Å². The summed E-state index contributed by atoms with van der Waals surface area (Å²) in [7, 11) is -3.99. The molecule has 0 unspecified atom stereocenters. The van der Waals surface area contributed by atoms with Crippen LogP contribution in [0, 0.1) is 13.8 Å². The highest BCUT2D eigenvalue weighted by Crippen LogP contribution is 2.27. The molecule has 0 aliphatic rings. The molecule has 0 saturated heterocycles. The van der Waals surface area contributed by atoms with Gasteiger partial charge in [0, 0.05) is 18.0 Å². The van der Waals surface area contributed by atoms with Gasteiger partial charge in [0.15, 0.2) is 0 Å². The van der Waals surface area contributed by atoms with Crippen molar-refractivity contribution in [1.29, 1.82) is 0 Å². The van der Waals surface area contributed by atoms with Crippen molar-refractivity contribution in [3.63, 3.8) is 0 Å². The molecule has 2 aromatic carbocycles. The van der Waals surface area contributed by atoms with Crippen molar-refractivity contribution in [2.24, 2.45) is 5.14 Å². The molecule has 3 rings (SSSR count). The lowest BCUT2D eigenvalue weighted by Crippen LogP contribution is -2.29. The third kappa shape index (κ3) is 4.19. The first-order valence-electron chi connectivity index (χ1n) is 9.18. The van der Waals surface area contributed by atoms with Gasteiger partial charge < -0.3 is 5.32 Å². The second kappa shape index (κ2) is 8.11. The number of primary sulfonamides is 1. The predicted octanol–water partition coefficient (Wildman–Crippen LogP) is 3.23. The van der Waals surface area contributed by atoms with Crippen LogP contribution in [0.4, 0.5) is 8.78 Å². The summed E-state index contributed by atoms with van der Waals surface area (Å²) in [6.07, 6.45) is 0. The number of amides is 1. The Hall–Kier alpha value is -2.85. The van der Waals surface area contributed by atoms with E-state index >= 15 is 0 Å². The van der Waals surface area contributed by atoms with Crippen molar-refractivity contribution < 1.29 is 22.0 Å². The molecule has 30 heavy (non-hydrogen) atoms. The third-order valence-corrected chi connectivity index (χ3v) is 6.05. The minimum absolute atomic E-state index is 0.0342. The minimum atomic E-state index is -3.99. The van der Waals surface area contributed by atoms with E-state index in [9.17, 15) is 22.0 Å². The Morgan fingerprint density at radius 3 is 2.53 bits per heavy atom. The van der Waals surface area contributed by atoms with Gasteiger partial charge in [0.25, 0.3) is 5.91 Å². The fourth-order valence-electron chi connectivity index (χ4n) is 3.31. The van der Waals surface area contributed by atoms with E-state index < -0.39 is 28.4 Å². The summed E-state index contributed by atoms with van der Waals surface area (Å²) in [5.74, 6) is -0.897. The van der Waals surface area contributed by atoms with Crippen LogP contribution in [0.3, 0.4) is 0 Å². The summed E-state index contributed by atoms with van der Waals surface area (Å²) in [5.41, 5.74) is 1.94. The molecule has 0 fully saturated rings. The molecule has 1 atom stereocenters. The van der Waals surface area contributed by atoms with Gasteiger partial charge in [-0.15, -0.1) is 0 Å². The van der Waals surface area contributed by atoms with Crippen LogP contribution >= 0.6 is 0 Å². The number of sulfonamides is 1. The highest BCUT2D eigenvalue weighted by molar-refractivity contribution is 7.89. The summed E-state index contributed by atoms with van der Waals surface area (Å²) in [6.45, 7) is 2.22. The average molecular weight is 436 g/mol. The van der Waals surface area contributed by atoms with Crippen molar-refractivity contribution in [3.05, 3.63) is 58.9 Å². The number of aromatic nitrogens is 2. The van der Waals surface area contributed by atoms with E-state index in [1.54, 1.807) is 51.1 Å². The van der Waals surface area contributed by atoms with Gasteiger partial charge in [0.1, 0.15) is 5.82 Å². The van der Waals surface area contributed by atoms with Crippen molar-refractivity contribution >= 4 is 27.0 Å². The van der Waals surface area contributed by atoms with Crippen molar-refractivity contribution in [2.75, 3.05) is 6.54 Å². The molecular weight excluding hydrogens is 414 g/mol. The third-order valence-electron chi connectivity index (χ3n) is 5.02. The second-order valence-electron chi connectivity index (χ2n) is 7.18. The number of rotatable bonds is 6. The molecule has 1 amide bonds. The molecule has 0 radical (unpaired) electrons. The molecule has 1 heterocycles. The summed E-state index contributed by atoms with van der Waals surface area (Å²) in [5, 5.41) is 7.89. The van der Waals surface area contributed by atoms with E-state index in [2.05, 4.69) is 10.3 Å². The van der Waals surface area contributed by atoms with Gasteiger partial charge in [-0.1, -0.05) is 19.1 Å². The molecule has 3 N–H and O–H groups in total. The zero-order valence-electron chi connectivity index (χ0n) is 16.7. The Balaban J connectivity index is 1.85. The van der Waals surface area contributed by atoms with Gasteiger partial charge in [-0.2, -0.15) is 8.78 Å². The number of aryl methyl sites for hydroxylation is 1. The summed E-state index contributed by atoms with van der Waals surface area (Å²) < 4.78 is 51.7. The summed E-state index contributed by atoms with van der Waals surface area (Å²) in [6, 6.07) is 9.34. The number of fused-ring (bicyclic) bond motifs is 1. The molecule has 10 heteroatoms. The second-order valence-corrected chi connectivity index (χ2v) is 8.71. The first-order chi connectivity index (χ1) is 14.0. The van der Waals surface area contributed by atoms with Crippen molar-refractivity contribution in [1.82, 2.24) is 14.9 Å². The number of halogens is 2. The molecule has 0 aliphatic heterocycles. The normalized spacial score (nSPS) is 13.0. The van der Waals surface area contributed by atoms with Crippen LogP contribution in [-0.2, 0) is 10.0 Å². The van der Waals surface area contributed by atoms with Crippen LogP contribution in [-0.4, -0.2) is 30.4 Å². The fourth-order valence-corrected chi connectivity index (χ4v) is 4.19. The number of nitrogens with two attached hydrogens (primary N) is 1. The fraction of sp³-hybridized carbons (Fsp3) is 0.300. The van der Waals surface area contributed by atoms with Crippen LogP contribution in [0.2, 0.25) is 0 Å². The number of alkyl halides is 2. The number of para-hydroxylation sites is 2. The van der Waals surface area contributed by atoms with Crippen LogP contribution < -0.4 is 10.5 Å². The van der Waals surface area contributed by atoms with Crippen molar-refractivity contribution in [3.8, 4) is 0 Å². The Kier molecular flexibility index (Phi) is 5.91. The molecule has 3 aromatic rings. The number of nitrogens with one attached hydrogen (secondary N) is 1. The number of hydrogen-bond acceptors (Lipinski definition) is 4. The van der Waals surface area contributed by atoms with Crippen molar-refractivity contribution in [2.45, 2.75) is 38.1 Å². The van der Waals surface area contributed by atoms with Crippen LogP contribution in [0.1, 0.15) is 46.7 Å². The average Bonchev–Trinajstić information content (AvgIpc) is 3.06. The monoisotopic (exact) mass is 436 g/mol. The van der Waals surface area contributed by atoms with E-state index in [1.165, 1.54) is 6.07 Å². The Labute approximate surface area is 173 Å². The Morgan fingerprint density at radius 1 is 1.23 bits per heavy atom. The quantitative estimate of drug-likeness (QED) is 0.619. The highest BCUT2D eigenvalue weighted by atomic mass is 32.2. The van der Waals surface area contributed by atoms with Gasteiger partial charge >= 0.3 is 6.55 Å². The Morgan fingerprint density at radius 2 is 1.90 bits per heavy atom. The SMILES string of the molecule is Cc1cc(C(=O)NC[C@H](C)c2nc3ccccc3n2C(F)F)cc(S(N)(=O)=O)c1C. The van der Waals surface area contributed by atoms with Gasteiger partial charge in [0.2, 0.25) is 10.0 Å².